The molecule has 0 amide bonds. The Balaban J connectivity index is 1.79. The maximum Gasteiger partial charge on any atom is 0.240 e. The first kappa shape index (κ1) is 17.4. The van der Waals surface area contributed by atoms with Gasteiger partial charge in [0.05, 0.1) is 4.90 Å². The van der Waals surface area contributed by atoms with Gasteiger partial charge in [0, 0.05) is 10.1 Å². The fourth-order valence-electron chi connectivity index (χ4n) is 2.15. The highest BCUT2D eigenvalue weighted by Gasteiger charge is 2.12. The first-order chi connectivity index (χ1) is 10.5. The number of hydrogen-bond acceptors (Lipinski definition) is 2. The molecule has 0 saturated carbocycles. The highest BCUT2D eigenvalue weighted by Crippen LogP contribution is 2.14. The van der Waals surface area contributed by atoms with Crippen molar-refractivity contribution in [1.82, 2.24) is 4.72 Å². The van der Waals surface area contributed by atoms with E-state index >= 15 is 0 Å². The molecule has 118 valence electrons. The number of hydrogen-bond donors (Lipinski definition) is 1. The lowest BCUT2D eigenvalue weighted by molar-refractivity contribution is 0.576. The molecule has 3 nitrogen and oxygen atoms in total. The first-order valence-corrected chi connectivity index (χ1v) is 9.85. The Morgan fingerprint density at radius 3 is 2.36 bits per heavy atom. The lowest BCUT2D eigenvalue weighted by Gasteiger charge is -2.08. The fourth-order valence-corrected chi connectivity index (χ4v) is 3.88. The van der Waals surface area contributed by atoms with Crippen LogP contribution in [0.2, 0.25) is 0 Å². The summed E-state index contributed by atoms with van der Waals surface area (Å²) in [7, 11) is -3.38. The average molecular weight is 429 g/mol. The van der Waals surface area contributed by atoms with Crippen LogP contribution in [0.4, 0.5) is 0 Å². The van der Waals surface area contributed by atoms with Gasteiger partial charge in [0.1, 0.15) is 0 Å². The summed E-state index contributed by atoms with van der Waals surface area (Å²) in [6.45, 7) is 2.41. The van der Waals surface area contributed by atoms with Gasteiger partial charge in [-0.25, -0.2) is 13.1 Å². The number of sulfonamides is 1. The van der Waals surface area contributed by atoms with Gasteiger partial charge >= 0.3 is 0 Å². The largest absolute Gasteiger partial charge is 0.240 e. The normalized spacial score (nSPS) is 11.5. The number of rotatable bonds is 7. The van der Waals surface area contributed by atoms with Crippen LogP contribution in [0.15, 0.2) is 53.4 Å². The predicted octanol–water partition coefficient (Wildman–Crippen LogP) is 3.90. The molecule has 0 aromatic heterocycles. The minimum Gasteiger partial charge on any atom is -0.211 e. The quantitative estimate of drug-likeness (QED) is 0.536. The topological polar surface area (TPSA) is 46.2 Å². The van der Waals surface area contributed by atoms with E-state index in [0.29, 0.717) is 11.4 Å². The van der Waals surface area contributed by atoms with Crippen molar-refractivity contribution in [1.29, 1.82) is 0 Å². The smallest absolute Gasteiger partial charge is 0.211 e. The van der Waals surface area contributed by atoms with Gasteiger partial charge < -0.3 is 0 Å². The Morgan fingerprint density at radius 2 is 1.68 bits per heavy atom. The summed E-state index contributed by atoms with van der Waals surface area (Å²) in [5.41, 5.74) is 2.38. The zero-order chi connectivity index (χ0) is 16.0. The molecule has 0 aliphatic rings. The molecule has 1 N–H and O–H groups in total. The van der Waals surface area contributed by atoms with Crippen molar-refractivity contribution < 1.29 is 8.42 Å². The van der Waals surface area contributed by atoms with E-state index in [1.54, 1.807) is 12.1 Å². The Labute approximate surface area is 146 Å². The van der Waals surface area contributed by atoms with E-state index in [0.717, 1.165) is 24.8 Å². The van der Waals surface area contributed by atoms with Crippen molar-refractivity contribution in [2.75, 3.05) is 6.54 Å². The van der Waals surface area contributed by atoms with Crippen LogP contribution >= 0.6 is 22.6 Å². The van der Waals surface area contributed by atoms with Crippen molar-refractivity contribution in [2.45, 2.75) is 31.1 Å². The lowest BCUT2D eigenvalue weighted by Crippen LogP contribution is -2.24. The van der Waals surface area contributed by atoms with Crippen LogP contribution in [-0.4, -0.2) is 15.0 Å². The van der Waals surface area contributed by atoms with Crippen molar-refractivity contribution >= 4 is 32.6 Å². The van der Waals surface area contributed by atoms with Crippen LogP contribution in [-0.2, 0) is 16.4 Å². The standard InChI is InChI=1S/C17H20INO2S/c1-14-9-11-16(12-10-14)22(20,21)19-13-5-4-7-15-6-2-3-8-17(15)18/h2-3,6,8-12,19H,4-5,7,13H2,1H3. The van der Waals surface area contributed by atoms with E-state index in [1.807, 2.05) is 31.2 Å². The summed E-state index contributed by atoms with van der Waals surface area (Å²) in [5.74, 6) is 0. The van der Waals surface area contributed by atoms with Gasteiger partial charge in [0.2, 0.25) is 10.0 Å². The third-order valence-corrected chi connectivity index (χ3v) is 5.98. The molecule has 0 unspecified atom stereocenters. The van der Waals surface area contributed by atoms with Crippen LogP contribution in [0.5, 0.6) is 0 Å². The van der Waals surface area contributed by atoms with Crippen molar-refractivity contribution in [2.24, 2.45) is 0 Å². The zero-order valence-electron chi connectivity index (χ0n) is 12.5. The molecule has 0 heterocycles. The van der Waals surface area contributed by atoms with Gasteiger partial charge in [0.25, 0.3) is 0 Å². The van der Waals surface area contributed by atoms with Crippen molar-refractivity contribution in [3.05, 3.63) is 63.2 Å². The highest BCUT2D eigenvalue weighted by atomic mass is 127. The van der Waals surface area contributed by atoms with Crippen LogP contribution < -0.4 is 4.72 Å². The molecular formula is C17H20INO2S. The van der Waals surface area contributed by atoms with Gasteiger partial charge in [0.15, 0.2) is 0 Å². The molecular weight excluding hydrogens is 409 g/mol. The second kappa shape index (κ2) is 8.08. The van der Waals surface area contributed by atoms with Gasteiger partial charge in [-0.15, -0.1) is 0 Å². The number of aryl methyl sites for hydroxylation is 2. The van der Waals surface area contributed by atoms with E-state index in [4.69, 9.17) is 0 Å². The van der Waals surface area contributed by atoms with E-state index < -0.39 is 10.0 Å². The Bertz CT molecular complexity index is 712. The lowest BCUT2D eigenvalue weighted by atomic mass is 10.1. The molecule has 22 heavy (non-hydrogen) atoms. The Morgan fingerprint density at radius 1 is 1.00 bits per heavy atom. The number of halogens is 1. The Kier molecular flexibility index (Phi) is 6.40. The minimum atomic E-state index is -3.38. The minimum absolute atomic E-state index is 0.329. The van der Waals surface area contributed by atoms with E-state index in [2.05, 4.69) is 39.4 Å². The molecule has 0 bridgehead atoms. The number of unbranched alkanes of at least 4 members (excludes halogenated alkanes) is 1. The Hall–Kier alpha value is -0.920. The molecule has 2 rings (SSSR count). The monoisotopic (exact) mass is 429 g/mol. The summed E-state index contributed by atoms with van der Waals surface area (Å²) < 4.78 is 28.2. The van der Waals surface area contributed by atoms with E-state index in [1.165, 1.54) is 9.13 Å². The maximum atomic E-state index is 12.1. The molecule has 2 aromatic carbocycles. The third kappa shape index (κ3) is 5.07. The molecule has 0 spiro atoms. The highest BCUT2D eigenvalue weighted by molar-refractivity contribution is 14.1. The maximum absolute atomic E-state index is 12.1. The van der Waals surface area contributed by atoms with E-state index in [9.17, 15) is 8.42 Å². The predicted molar refractivity (Wildman–Crippen MR) is 98.5 cm³/mol. The van der Waals surface area contributed by atoms with Crippen molar-refractivity contribution in [3.63, 3.8) is 0 Å². The molecule has 0 aliphatic heterocycles. The molecule has 2 aromatic rings. The molecule has 0 fully saturated rings. The third-order valence-electron chi connectivity index (χ3n) is 3.45. The SMILES string of the molecule is Cc1ccc(S(=O)(=O)NCCCCc2ccccc2I)cc1. The second-order valence-electron chi connectivity index (χ2n) is 5.26. The summed E-state index contributed by atoms with van der Waals surface area (Å²) in [5, 5.41) is 0. The van der Waals surface area contributed by atoms with Gasteiger partial charge in [-0.05, 0) is 72.5 Å². The molecule has 0 radical (unpaired) electrons. The van der Waals surface area contributed by atoms with Crippen LogP contribution in [0.3, 0.4) is 0 Å². The molecule has 5 heteroatoms. The summed E-state index contributed by atoms with van der Waals surface area (Å²) >= 11 is 2.33. The van der Waals surface area contributed by atoms with Gasteiger partial charge in [-0.1, -0.05) is 35.9 Å². The summed E-state index contributed by atoms with van der Waals surface area (Å²) in [4.78, 5) is 0.329. The van der Waals surface area contributed by atoms with Gasteiger partial charge in [-0.2, -0.15) is 0 Å². The fraction of sp³-hybridized carbons (Fsp3) is 0.294. The summed E-state index contributed by atoms with van der Waals surface area (Å²) in [6, 6.07) is 15.2. The van der Waals surface area contributed by atoms with E-state index in [-0.39, 0.29) is 0 Å². The summed E-state index contributed by atoms with van der Waals surface area (Å²) in [6.07, 6.45) is 2.78. The van der Waals surface area contributed by atoms with Crippen molar-refractivity contribution in [3.8, 4) is 0 Å². The zero-order valence-corrected chi connectivity index (χ0v) is 15.5. The number of nitrogens with one attached hydrogen (secondary N) is 1. The molecule has 0 atom stereocenters. The molecule has 0 aliphatic carbocycles. The van der Waals surface area contributed by atoms with Crippen LogP contribution in [0.1, 0.15) is 24.0 Å². The first-order valence-electron chi connectivity index (χ1n) is 7.29. The average Bonchev–Trinajstić information content (AvgIpc) is 2.49. The second-order valence-corrected chi connectivity index (χ2v) is 8.19. The number of benzene rings is 2. The molecule has 0 saturated heterocycles. The van der Waals surface area contributed by atoms with Crippen LogP contribution in [0.25, 0.3) is 0 Å². The van der Waals surface area contributed by atoms with Gasteiger partial charge in [-0.3, -0.25) is 0 Å². The van der Waals surface area contributed by atoms with Crippen LogP contribution in [0, 0.1) is 10.5 Å².